The summed E-state index contributed by atoms with van der Waals surface area (Å²) in [7, 11) is 0. The van der Waals surface area contributed by atoms with E-state index in [-0.39, 0.29) is 5.69 Å². The fourth-order valence-corrected chi connectivity index (χ4v) is 2.42. The summed E-state index contributed by atoms with van der Waals surface area (Å²) in [6.45, 7) is 2.69. The molecule has 1 fully saturated rings. The fourth-order valence-electron chi connectivity index (χ4n) is 2.42. The quantitative estimate of drug-likeness (QED) is 0.682. The van der Waals surface area contributed by atoms with Crippen molar-refractivity contribution >= 4 is 16.7 Å². The van der Waals surface area contributed by atoms with E-state index in [9.17, 15) is 10.1 Å². The fraction of sp³-hybridized carbons (Fsp3) is 0.429. The molecule has 2 aromatic rings. The Morgan fingerprint density at radius 2 is 2.14 bits per heavy atom. The Morgan fingerprint density at radius 1 is 1.33 bits per heavy atom. The van der Waals surface area contributed by atoms with E-state index in [4.69, 9.17) is 4.74 Å². The Morgan fingerprint density at radius 3 is 2.90 bits per heavy atom. The van der Waals surface area contributed by atoms with Crippen LogP contribution in [0.15, 0.2) is 24.4 Å². The van der Waals surface area contributed by atoms with Crippen LogP contribution >= 0.6 is 0 Å². The molecule has 3 rings (SSSR count). The van der Waals surface area contributed by atoms with Gasteiger partial charge in [-0.05, 0) is 37.9 Å². The van der Waals surface area contributed by atoms with E-state index in [2.05, 4.69) is 15.3 Å². The number of piperidine rings is 1. The first-order chi connectivity index (χ1) is 10.2. The molecule has 0 unspecified atom stereocenters. The largest absolute Gasteiger partial charge is 0.476 e. The minimum absolute atomic E-state index is 0.0140. The number of benzene rings is 1. The highest BCUT2D eigenvalue weighted by Crippen LogP contribution is 2.20. The van der Waals surface area contributed by atoms with Crippen LogP contribution in [0, 0.1) is 16.0 Å². The standard InChI is InChI=1S/C14H16N4O3/c19-18(20)11-1-2-12-13(7-11)16-8-14(17-12)21-9-10-3-5-15-6-4-10/h1-2,7-8,10,15H,3-6,9H2. The maximum absolute atomic E-state index is 10.7. The number of aromatic nitrogens is 2. The summed E-state index contributed by atoms with van der Waals surface area (Å²) < 4.78 is 5.70. The molecule has 7 nitrogen and oxygen atoms in total. The molecular formula is C14H16N4O3. The first-order valence-electron chi connectivity index (χ1n) is 6.97. The average Bonchev–Trinajstić information content (AvgIpc) is 2.53. The van der Waals surface area contributed by atoms with Gasteiger partial charge in [0.15, 0.2) is 0 Å². The Bertz CT molecular complexity index is 656. The molecule has 2 heterocycles. The van der Waals surface area contributed by atoms with Crippen LogP contribution in [0.2, 0.25) is 0 Å². The zero-order chi connectivity index (χ0) is 14.7. The van der Waals surface area contributed by atoms with Crippen LogP contribution in [0.5, 0.6) is 5.88 Å². The predicted molar refractivity (Wildman–Crippen MR) is 77.3 cm³/mol. The topological polar surface area (TPSA) is 90.2 Å². The van der Waals surface area contributed by atoms with Crippen molar-refractivity contribution in [1.82, 2.24) is 15.3 Å². The molecule has 1 aliphatic rings. The normalized spacial score (nSPS) is 16.0. The first kappa shape index (κ1) is 13.7. The van der Waals surface area contributed by atoms with Gasteiger partial charge in [-0.1, -0.05) is 0 Å². The second kappa shape index (κ2) is 6.01. The third kappa shape index (κ3) is 3.25. The van der Waals surface area contributed by atoms with Crippen molar-refractivity contribution in [1.29, 1.82) is 0 Å². The van der Waals surface area contributed by atoms with E-state index in [1.165, 1.54) is 18.3 Å². The number of fused-ring (bicyclic) bond motifs is 1. The third-order valence-corrected chi connectivity index (χ3v) is 3.64. The van der Waals surface area contributed by atoms with Gasteiger partial charge < -0.3 is 10.1 Å². The summed E-state index contributed by atoms with van der Waals surface area (Å²) in [5.74, 6) is 1.01. The number of nitrogens with zero attached hydrogens (tertiary/aromatic N) is 3. The van der Waals surface area contributed by atoms with Crippen molar-refractivity contribution in [3.8, 4) is 5.88 Å². The van der Waals surface area contributed by atoms with E-state index in [1.807, 2.05) is 0 Å². The molecule has 1 aromatic heterocycles. The van der Waals surface area contributed by atoms with Gasteiger partial charge in [0.1, 0.15) is 0 Å². The Labute approximate surface area is 121 Å². The van der Waals surface area contributed by atoms with Crippen molar-refractivity contribution in [2.75, 3.05) is 19.7 Å². The number of nitro benzene ring substituents is 1. The molecule has 0 amide bonds. The Kier molecular flexibility index (Phi) is 3.92. The number of hydrogen-bond donors (Lipinski definition) is 1. The molecule has 1 saturated heterocycles. The van der Waals surface area contributed by atoms with Gasteiger partial charge in [-0.3, -0.25) is 10.1 Å². The molecule has 0 saturated carbocycles. The molecule has 0 radical (unpaired) electrons. The van der Waals surface area contributed by atoms with Crippen LogP contribution in [-0.2, 0) is 0 Å². The maximum Gasteiger partial charge on any atom is 0.271 e. The van der Waals surface area contributed by atoms with Crippen LogP contribution in [-0.4, -0.2) is 34.6 Å². The van der Waals surface area contributed by atoms with E-state index >= 15 is 0 Å². The summed E-state index contributed by atoms with van der Waals surface area (Å²) in [5.41, 5.74) is 1.11. The van der Waals surface area contributed by atoms with E-state index in [0.717, 1.165) is 25.9 Å². The van der Waals surface area contributed by atoms with Gasteiger partial charge in [0.2, 0.25) is 5.88 Å². The molecule has 7 heteroatoms. The number of non-ortho nitro benzene ring substituents is 1. The zero-order valence-corrected chi connectivity index (χ0v) is 11.5. The molecule has 0 atom stereocenters. The van der Waals surface area contributed by atoms with Gasteiger partial charge >= 0.3 is 0 Å². The molecule has 21 heavy (non-hydrogen) atoms. The monoisotopic (exact) mass is 288 g/mol. The number of rotatable bonds is 4. The summed E-state index contributed by atoms with van der Waals surface area (Å²) >= 11 is 0. The number of hydrogen-bond acceptors (Lipinski definition) is 6. The van der Waals surface area contributed by atoms with Crippen LogP contribution in [0.25, 0.3) is 11.0 Å². The average molecular weight is 288 g/mol. The molecule has 0 spiro atoms. The molecule has 110 valence electrons. The molecule has 1 N–H and O–H groups in total. The zero-order valence-electron chi connectivity index (χ0n) is 11.5. The highest BCUT2D eigenvalue weighted by Gasteiger charge is 2.14. The number of nitro groups is 1. The van der Waals surface area contributed by atoms with Crippen LogP contribution < -0.4 is 10.1 Å². The minimum Gasteiger partial charge on any atom is -0.476 e. The molecular weight excluding hydrogens is 272 g/mol. The highest BCUT2D eigenvalue weighted by molar-refractivity contribution is 5.77. The third-order valence-electron chi connectivity index (χ3n) is 3.64. The second-order valence-corrected chi connectivity index (χ2v) is 5.14. The number of ether oxygens (including phenoxy) is 1. The van der Waals surface area contributed by atoms with Crippen LogP contribution in [0.1, 0.15) is 12.8 Å². The second-order valence-electron chi connectivity index (χ2n) is 5.14. The first-order valence-corrected chi connectivity index (χ1v) is 6.97. The molecule has 1 aliphatic heterocycles. The van der Waals surface area contributed by atoms with Crippen molar-refractivity contribution in [3.63, 3.8) is 0 Å². The van der Waals surface area contributed by atoms with E-state index < -0.39 is 4.92 Å². The van der Waals surface area contributed by atoms with Gasteiger partial charge in [-0.25, -0.2) is 9.97 Å². The lowest BCUT2D eigenvalue weighted by atomic mass is 9.99. The van der Waals surface area contributed by atoms with Crippen molar-refractivity contribution in [2.24, 2.45) is 5.92 Å². The number of nitrogens with one attached hydrogen (secondary N) is 1. The highest BCUT2D eigenvalue weighted by atomic mass is 16.6. The SMILES string of the molecule is O=[N+]([O-])c1ccc2nc(OCC3CCNCC3)cnc2c1. The van der Waals surface area contributed by atoms with E-state index in [1.54, 1.807) is 6.07 Å². The molecule has 0 bridgehead atoms. The van der Waals surface area contributed by atoms with E-state index in [0.29, 0.717) is 29.4 Å². The Hall–Kier alpha value is -2.28. The molecule has 1 aromatic carbocycles. The molecule has 0 aliphatic carbocycles. The lowest BCUT2D eigenvalue weighted by molar-refractivity contribution is -0.384. The maximum atomic E-state index is 10.7. The summed E-state index contributed by atoms with van der Waals surface area (Å²) in [6.07, 6.45) is 3.73. The lowest BCUT2D eigenvalue weighted by Crippen LogP contribution is -2.30. The van der Waals surface area contributed by atoms with Gasteiger partial charge in [0, 0.05) is 12.1 Å². The van der Waals surface area contributed by atoms with Gasteiger partial charge in [-0.2, -0.15) is 0 Å². The Balaban J connectivity index is 1.71. The van der Waals surface area contributed by atoms with Crippen LogP contribution in [0.4, 0.5) is 5.69 Å². The summed E-state index contributed by atoms with van der Waals surface area (Å²) in [4.78, 5) is 18.8. The van der Waals surface area contributed by atoms with Gasteiger partial charge in [0.05, 0.1) is 28.8 Å². The van der Waals surface area contributed by atoms with Crippen molar-refractivity contribution in [2.45, 2.75) is 12.8 Å². The van der Waals surface area contributed by atoms with Crippen molar-refractivity contribution in [3.05, 3.63) is 34.5 Å². The summed E-state index contributed by atoms with van der Waals surface area (Å²) in [6, 6.07) is 4.43. The lowest BCUT2D eigenvalue weighted by Gasteiger charge is -2.22. The van der Waals surface area contributed by atoms with Gasteiger partial charge in [0.25, 0.3) is 5.69 Å². The smallest absolute Gasteiger partial charge is 0.271 e. The van der Waals surface area contributed by atoms with Crippen molar-refractivity contribution < 1.29 is 9.66 Å². The predicted octanol–water partition coefficient (Wildman–Crippen LogP) is 1.92. The summed E-state index contributed by atoms with van der Waals surface area (Å²) in [5, 5.41) is 14.0. The van der Waals surface area contributed by atoms with Gasteiger partial charge in [-0.15, -0.1) is 0 Å². The van der Waals surface area contributed by atoms with Crippen LogP contribution in [0.3, 0.4) is 0 Å². The minimum atomic E-state index is -0.442.